The van der Waals surface area contributed by atoms with E-state index in [1.54, 1.807) is 0 Å². The van der Waals surface area contributed by atoms with Crippen LogP contribution in [0.3, 0.4) is 0 Å². The zero-order chi connectivity index (χ0) is 8.97. The Morgan fingerprint density at radius 3 is 3.00 bits per heavy atom. The Balaban J connectivity index is 2.31. The lowest BCUT2D eigenvalue weighted by molar-refractivity contribution is 0.0404. The second-order valence-corrected chi connectivity index (χ2v) is 3.34. The number of hydrogen-bond acceptors (Lipinski definition) is 2. The van der Waals surface area contributed by atoms with E-state index in [-0.39, 0.29) is 12.2 Å². The molecular weight excluding hydrogens is 152 g/mol. The van der Waals surface area contributed by atoms with Crippen molar-refractivity contribution in [3.8, 4) is 12.3 Å². The summed E-state index contributed by atoms with van der Waals surface area (Å²) >= 11 is 0. The molecule has 1 N–H and O–H groups in total. The molecule has 0 saturated carbocycles. The third-order valence-electron chi connectivity index (χ3n) is 2.51. The molecule has 1 heterocycles. The zero-order valence-corrected chi connectivity index (χ0v) is 7.49. The van der Waals surface area contributed by atoms with Gasteiger partial charge in [0.2, 0.25) is 0 Å². The molecule has 0 spiro atoms. The van der Waals surface area contributed by atoms with Crippen molar-refractivity contribution in [2.24, 2.45) is 5.92 Å². The predicted octanol–water partition coefficient (Wildman–Crippen LogP) is 1.19. The van der Waals surface area contributed by atoms with Gasteiger partial charge in [-0.15, -0.1) is 12.3 Å². The Morgan fingerprint density at radius 2 is 2.50 bits per heavy atom. The molecule has 0 radical (unpaired) electrons. The van der Waals surface area contributed by atoms with Crippen LogP contribution < -0.4 is 0 Å². The average molecular weight is 168 g/mol. The van der Waals surface area contributed by atoms with Crippen molar-refractivity contribution in [3.05, 3.63) is 0 Å². The van der Waals surface area contributed by atoms with Crippen molar-refractivity contribution in [1.29, 1.82) is 0 Å². The van der Waals surface area contributed by atoms with Crippen LogP contribution in [0.5, 0.6) is 0 Å². The molecule has 1 aliphatic rings. The van der Waals surface area contributed by atoms with Crippen molar-refractivity contribution in [3.63, 3.8) is 0 Å². The van der Waals surface area contributed by atoms with Gasteiger partial charge in [-0.2, -0.15) is 0 Å². The van der Waals surface area contributed by atoms with Gasteiger partial charge < -0.3 is 9.84 Å². The molecule has 1 rings (SSSR count). The van der Waals surface area contributed by atoms with Crippen LogP contribution in [0.15, 0.2) is 0 Å². The molecule has 2 heteroatoms. The predicted molar refractivity (Wildman–Crippen MR) is 47.6 cm³/mol. The summed E-state index contributed by atoms with van der Waals surface area (Å²) in [4.78, 5) is 0. The fourth-order valence-electron chi connectivity index (χ4n) is 1.70. The lowest BCUT2D eigenvalue weighted by Gasteiger charge is -2.19. The van der Waals surface area contributed by atoms with E-state index in [1.165, 1.54) is 0 Å². The summed E-state index contributed by atoms with van der Waals surface area (Å²) in [6.07, 6.45) is 7.36. The van der Waals surface area contributed by atoms with Crippen LogP contribution >= 0.6 is 0 Å². The minimum atomic E-state index is -0.279. The van der Waals surface area contributed by atoms with E-state index in [1.807, 2.05) is 6.92 Å². The van der Waals surface area contributed by atoms with Crippen LogP contribution in [0.1, 0.15) is 26.2 Å². The molecule has 0 aromatic heterocycles. The normalized spacial score (nSPS) is 31.4. The third kappa shape index (κ3) is 2.23. The second kappa shape index (κ2) is 4.49. The summed E-state index contributed by atoms with van der Waals surface area (Å²) in [6.45, 7) is 2.79. The Morgan fingerprint density at radius 1 is 1.75 bits per heavy atom. The van der Waals surface area contributed by atoms with Crippen molar-refractivity contribution < 1.29 is 9.84 Å². The Kier molecular flexibility index (Phi) is 3.58. The monoisotopic (exact) mass is 168 g/mol. The van der Waals surface area contributed by atoms with E-state index < -0.39 is 0 Å². The third-order valence-corrected chi connectivity index (χ3v) is 2.51. The molecule has 3 unspecified atom stereocenters. The first-order valence-electron chi connectivity index (χ1n) is 4.49. The van der Waals surface area contributed by atoms with Crippen LogP contribution in [-0.4, -0.2) is 23.9 Å². The topological polar surface area (TPSA) is 29.5 Å². The molecule has 1 fully saturated rings. The van der Waals surface area contributed by atoms with Gasteiger partial charge in [-0.1, -0.05) is 0 Å². The van der Waals surface area contributed by atoms with Gasteiger partial charge in [0.15, 0.2) is 0 Å². The number of aliphatic hydroxyl groups is 1. The first kappa shape index (κ1) is 9.57. The van der Waals surface area contributed by atoms with Gasteiger partial charge in [-0.25, -0.2) is 0 Å². The van der Waals surface area contributed by atoms with Crippen molar-refractivity contribution in [2.45, 2.75) is 38.4 Å². The van der Waals surface area contributed by atoms with Gasteiger partial charge in [-0.05, 0) is 19.8 Å². The fourth-order valence-corrected chi connectivity index (χ4v) is 1.70. The summed E-state index contributed by atoms with van der Waals surface area (Å²) in [5.74, 6) is 2.83. The van der Waals surface area contributed by atoms with Gasteiger partial charge in [0, 0.05) is 18.9 Å². The highest BCUT2D eigenvalue weighted by atomic mass is 16.5. The van der Waals surface area contributed by atoms with Crippen LogP contribution in [0.4, 0.5) is 0 Å². The maximum absolute atomic E-state index is 9.67. The number of rotatable bonds is 3. The first-order chi connectivity index (χ1) is 5.75. The number of aliphatic hydroxyl groups excluding tert-OH is 1. The van der Waals surface area contributed by atoms with Crippen molar-refractivity contribution >= 4 is 0 Å². The fraction of sp³-hybridized carbons (Fsp3) is 0.800. The average Bonchev–Trinajstić information content (AvgIpc) is 2.47. The summed E-state index contributed by atoms with van der Waals surface area (Å²) in [7, 11) is 0. The quantitative estimate of drug-likeness (QED) is 0.641. The maximum Gasteiger partial charge on any atom is 0.0603 e. The summed E-state index contributed by atoms with van der Waals surface area (Å²) < 4.78 is 5.35. The molecule has 0 amide bonds. The van der Waals surface area contributed by atoms with E-state index >= 15 is 0 Å². The highest BCUT2D eigenvalue weighted by Crippen LogP contribution is 2.25. The molecule has 3 atom stereocenters. The van der Waals surface area contributed by atoms with Gasteiger partial charge >= 0.3 is 0 Å². The van der Waals surface area contributed by atoms with Crippen molar-refractivity contribution in [2.75, 3.05) is 6.61 Å². The molecular formula is C10H16O2. The molecule has 0 aromatic carbocycles. The van der Waals surface area contributed by atoms with E-state index in [2.05, 4.69) is 5.92 Å². The Hall–Kier alpha value is -0.520. The standard InChI is InChI=1S/C10H16O2/c1-3-4-5-10(11)9-6-7-12-8(9)2/h1,8-11H,4-7H2,2H3. The van der Waals surface area contributed by atoms with Gasteiger partial charge in [-0.3, -0.25) is 0 Å². The minimum Gasteiger partial charge on any atom is -0.393 e. The van der Waals surface area contributed by atoms with Crippen molar-refractivity contribution in [1.82, 2.24) is 0 Å². The molecule has 0 aliphatic carbocycles. The zero-order valence-electron chi connectivity index (χ0n) is 7.49. The molecule has 1 saturated heterocycles. The minimum absolute atomic E-state index is 0.192. The van der Waals surface area contributed by atoms with E-state index in [9.17, 15) is 5.11 Å². The summed E-state index contributed by atoms with van der Waals surface area (Å²) in [5.41, 5.74) is 0. The Labute approximate surface area is 73.9 Å². The van der Waals surface area contributed by atoms with Crippen LogP contribution in [0.2, 0.25) is 0 Å². The SMILES string of the molecule is C#CCCC(O)C1CCOC1C. The molecule has 12 heavy (non-hydrogen) atoms. The highest BCUT2D eigenvalue weighted by molar-refractivity contribution is 4.87. The van der Waals surface area contributed by atoms with Crippen LogP contribution in [-0.2, 0) is 4.74 Å². The lowest BCUT2D eigenvalue weighted by Crippen LogP contribution is -2.25. The largest absolute Gasteiger partial charge is 0.393 e. The molecule has 68 valence electrons. The van der Waals surface area contributed by atoms with Crippen LogP contribution in [0.25, 0.3) is 0 Å². The van der Waals surface area contributed by atoms with E-state index in [0.29, 0.717) is 18.8 Å². The molecule has 1 aliphatic heterocycles. The smallest absolute Gasteiger partial charge is 0.0603 e. The lowest BCUT2D eigenvalue weighted by atomic mass is 9.93. The second-order valence-electron chi connectivity index (χ2n) is 3.34. The summed E-state index contributed by atoms with van der Waals surface area (Å²) in [6, 6.07) is 0. The highest BCUT2D eigenvalue weighted by Gasteiger charge is 2.29. The molecule has 0 aromatic rings. The first-order valence-corrected chi connectivity index (χ1v) is 4.49. The number of hydrogen-bond donors (Lipinski definition) is 1. The summed E-state index contributed by atoms with van der Waals surface area (Å²) in [5, 5.41) is 9.67. The number of terminal acetylenes is 1. The van der Waals surface area contributed by atoms with E-state index in [4.69, 9.17) is 11.2 Å². The number of ether oxygens (including phenoxy) is 1. The molecule has 2 nitrogen and oxygen atoms in total. The van der Waals surface area contributed by atoms with Crippen LogP contribution in [0, 0.1) is 18.3 Å². The Bertz CT molecular complexity index is 171. The van der Waals surface area contributed by atoms with Gasteiger partial charge in [0.25, 0.3) is 0 Å². The van der Waals surface area contributed by atoms with Gasteiger partial charge in [0.1, 0.15) is 0 Å². The van der Waals surface area contributed by atoms with E-state index in [0.717, 1.165) is 13.0 Å². The molecule has 0 bridgehead atoms. The van der Waals surface area contributed by atoms with Gasteiger partial charge in [0.05, 0.1) is 12.2 Å². The maximum atomic E-state index is 9.67.